The highest BCUT2D eigenvalue weighted by Gasteiger charge is 2.23. The zero-order chi connectivity index (χ0) is 21.1. The normalized spacial score (nSPS) is 11.0. The monoisotopic (exact) mass is 419 g/mol. The minimum absolute atomic E-state index is 0.0513. The predicted octanol–water partition coefficient (Wildman–Crippen LogP) is 5.71. The average Bonchev–Trinajstić information content (AvgIpc) is 3.52. The van der Waals surface area contributed by atoms with Gasteiger partial charge in [0.05, 0.1) is 29.8 Å². The second-order valence-electron chi connectivity index (χ2n) is 7.08. The van der Waals surface area contributed by atoms with Crippen LogP contribution in [0.25, 0.3) is 22.0 Å². The maximum absolute atomic E-state index is 13.1. The van der Waals surface area contributed by atoms with Crippen molar-refractivity contribution in [3.8, 4) is 22.0 Å². The molecule has 0 aliphatic rings. The van der Waals surface area contributed by atoms with Crippen molar-refractivity contribution in [1.82, 2.24) is 14.5 Å². The SMILES string of the molecule is CCN(CC)C(=O)c1cc(-c2csc(-c3ccccc3)n2)n(Cc2ccco2)c1C. The molecule has 0 aliphatic heterocycles. The predicted molar refractivity (Wildman–Crippen MR) is 121 cm³/mol. The Kier molecular flexibility index (Phi) is 5.86. The molecule has 0 radical (unpaired) electrons. The molecule has 154 valence electrons. The van der Waals surface area contributed by atoms with Crippen LogP contribution >= 0.6 is 11.3 Å². The van der Waals surface area contributed by atoms with Gasteiger partial charge in [-0.05, 0) is 39.0 Å². The van der Waals surface area contributed by atoms with Crippen molar-refractivity contribution in [3.63, 3.8) is 0 Å². The zero-order valence-electron chi connectivity index (χ0n) is 17.5. The summed E-state index contributed by atoms with van der Waals surface area (Å²) in [5.41, 5.74) is 4.53. The highest BCUT2D eigenvalue weighted by atomic mass is 32.1. The van der Waals surface area contributed by atoms with Gasteiger partial charge in [-0.2, -0.15) is 0 Å². The summed E-state index contributed by atoms with van der Waals surface area (Å²) < 4.78 is 7.71. The topological polar surface area (TPSA) is 51.3 Å². The Morgan fingerprint density at radius 1 is 1.13 bits per heavy atom. The lowest BCUT2D eigenvalue weighted by atomic mass is 10.2. The number of rotatable bonds is 7. The zero-order valence-corrected chi connectivity index (χ0v) is 18.3. The van der Waals surface area contributed by atoms with E-state index in [1.165, 1.54) is 0 Å². The number of hydrogen-bond donors (Lipinski definition) is 0. The van der Waals surface area contributed by atoms with E-state index in [9.17, 15) is 4.79 Å². The van der Waals surface area contributed by atoms with Gasteiger partial charge in [0.1, 0.15) is 10.8 Å². The summed E-state index contributed by atoms with van der Waals surface area (Å²) in [7, 11) is 0. The van der Waals surface area contributed by atoms with Crippen molar-refractivity contribution in [1.29, 1.82) is 0 Å². The third-order valence-electron chi connectivity index (χ3n) is 5.33. The summed E-state index contributed by atoms with van der Waals surface area (Å²) in [5.74, 6) is 0.894. The largest absolute Gasteiger partial charge is 0.467 e. The van der Waals surface area contributed by atoms with Crippen molar-refractivity contribution < 1.29 is 9.21 Å². The van der Waals surface area contributed by atoms with E-state index in [-0.39, 0.29) is 5.91 Å². The lowest BCUT2D eigenvalue weighted by Crippen LogP contribution is -2.30. The number of benzene rings is 1. The lowest BCUT2D eigenvalue weighted by molar-refractivity contribution is 0.0772. The Hall–Kier alpha value is -3.12. The molecule has 0 unspecified atom stereocenters. The molecule has 3 heterocycles. The summed E-state index contributed by atoms with van der Waals surface area (Å²) in [5, 5.41) is 3.02. The van der Waals surface area contributed by atoms with Gasteiger partial charge in [0.15, 0.2) is 0 Å². The summed E-state index contributed by atoms with van der Waals surface area (Å²) in [6.07, 6.45) is 1.67. The van der Waals surface area contributed by atoms with Crippen LogP contribution in [-0.4, -0.2) is 33.4 Å². The molecule has 4 rings (SSSR count). The summed E-state index contributed by atoms with van der Waals surface area (Å²) in [6, 6.07) is 16.0. The van der Waals surface area contributed by atoms with Gasteiger partial charge in [-0.25, -0.2) is 4.98 Å². The number of carbonyl (C=O) groups is 1. The van der Waals surface area contributed by atoms with Gasteiger partial charge in [0.2, 0.25) is 0 Å². The van der Waals surface area contributed by atoms with Gasteiger partial charge in [0, 0.05) is 29.7 Å². The van der Waals surface area contributed by atoms with Crippen LogP contribution in [0.2, 0.25) is 0 Å². The van der Waals surface area contributed by atoms with E-state index in [4.69, 9.17) is 9.40 Å². The molecule has 6 heteroatoms. The van der Waals surface area contributed by atoms with Gasteiger partial charge >= 0.3 is 0 Å². The van der Waals surface area contributed by atoms with Gasteiger partial charge < -0.3 is 13.9 Å². The van der Waals surface area contributed by atoms with Crippen molar-refractivity contribution in [2.75, 3.05) is 13.1 Å². The third kappa shape index (κ3) is 3.83. The molecule has 5 nitrogen and oxygen atoms in total. The van der Waals surface area contributed by atoms with Crippen molar-refractivity contribution >= 4 is 17.2 Å². The molecule has 3 aromatic heterocycles. The Balaban J connectivity index is 1.79. The van der Waals surface area contributed by atoms with Crippen LogP contribution in [0.4, 0.5) is 0 Å². The van der Waals surface area contributed by atoms with Crippen LogP contribution in [0.1, 0.15) is 35.7 Å². The number of aromatic nitrogens is 2. The fourth-order valence-corrected chi connectivity index (χ4v) is 4.44. The molecule has 0 spiro atoms. The quantitative estimate of drug-likeness (QED) is 0.385. The van der Waals surface area contributed by atoms with Gasteiger partial charge in [-0.1, -0.05) is 30.3 Å². The highest BCUT2D eigenvalue weighted by molar-refractivity contribution is 7.13. The first kappa shape index (κ1) is 20.2. The molecule has 0 bridgehead atoms. The van der Waals surface area contributed by atoms with E-state index in [1.54, 1.807) is 17.6 Å². The van der Waals surface area contributed by atoms with Gasteiger partial charge in [-0.15, -0.1) is 11.3 Å². The van der Waals surface area contributed by atoms with E-state index >= 15 is 0 Å². The van der Waals surface area contributed by atoms with Crippen molar-refractivity contribution in [3.05, 3.63) is 77.2 Å². The Labute approximate surface area is 180 Å². The van der Waals surface area contributed by atoms with Gasteiger partial charge in [0.25, 0.3) is 5.91 Å². The van der Waals surface area contributed by atoms with E-state index in [1.807, 2.05) is 62.1 Å². The summed E-state index contributed by atoms with van der Waals surface area (Å²) >= 11 is 1.61. The molecular formula is C24H25N3O2S. The first-order valence-electron chi connectivity index (χ1n) is 10.2. The molecule has 4 aromatic rings. The molecule has 0 N–H and O–H groups in total. The average molecular weight is 420 g/mol. The highest BCUT2D eigenvalue weighted by Crippen LogP contribution is 2.32. The molecule has 0 saturated carbocycles. The second-order valence-corrected chi connectivity index (χ2v) is 7.93. The van der Waals surface area contributed by atoms with Crippen molar-refractivity contribution in [2.24, 2.45) is 0 Å². The minimum Gasteiger partial charge on any atom is -0.467 e. The van der Waals surface area contributed by atoms with Crippen LogP contribution in [0.3, 0.4) is 0 Å². The standard InChI is InChI=1S/C24H25N3O2S/c1-4-26(5-2)24(28)20-14-22(27(17(20)3)15-19-12-9-13-29-19)21-16-30-23(25-21)18-10-7-6-8-11-18/h6-14,16H,4-5,15H2,1-3H3. The third-order valence-corrected chi connectivity index (χ3v) is 6.22. The lowest BCUT2D eigenvalue weighted by Gasteiger charge is -2.18. The van der Waals surface area contributed by atoms with Crippen molar-refractivity contribution in [2.45, 2.75) is 27.3 Å². The summed E-state index contributed by atoms with van der Waals surface area (Å²) in [4.78, 5) is 19.9. The van der Waals surface area contributed by atoms with E-state index in [0.29, 0.717) is 19.6 Å². The first-order chi connectivity index (χ1) is 14.6. The molecule has 0 aliphatic carbocycles. The van der Waals surface area contributed by atoms with Gasteiger partial charge in [-0.3, -0.25) is 4.79 Å². The van der Waals surface area contributed by atoms with Crippen LogP contribution in [0, 0.1) is 6.92 Å². The first-order valence-corrected chi connectivity index (χ1v) is 11.0. The molecular weight excluding hydrogens is 394 g/mol. The smallest absolute Gasteiger partial charge is 0.255 e. The number of hydrogen-bond acceptors (Lipinski definition) is 4. The number of amides is 1. The van der Waals surface area contributed by atoms with Crippen LogP contribution in [0.15, 0.2) is 64.6 Å². The van der Waals surface area contributed by atoms with E-state index in [2.05, 4.69) is 22.1 Å². The number of carbonyl (C=O) groups excluding carboxylic acids is 1. The molecule has 0 saturated heterocycles. The number of thiazole rings is 1. The Morgan fingerprint density at radius 3 is 2.57 bits per heavy atom. The maximum atomic E-state index is 13.1. The molecule has 0 atom stereocenters. The Morgan fingerprint density at radius 2 is 1.90 bits per heavy atom. The molecule has 1 aromatic carbocycles. The van der Waals surface area contributed by atoms with Crippen LogP contribution in [-0.2, 0) is 6.54 Å². The second kappa shape index (κ2) is 8.71. The molecule has 30 heavy (non-hydrogen) atoms. The molecule has 1 amide bonds. The van der Waals surface area contributed by atoms with Crippen LogP contribution in [0.5, 0.6) is 0 Å². The summed E-state index contributed by atoms with van der Waals surface area (Å²) in [6.45, 7) is 7.92. The fraction of sp³-hybridized carbons (Fsp3) is 0.250. The minimum atomic E-state index is 0.0513. The van der Waals surface area contributed by atoms with E-state index < -0.39 is 0 Å². The number of nitrogens with zero attached hydrogens (tertiary/aromatic N) is 3. The molecule has 0 fully saturated rings. The Bertz CT molecular complexity index is 1120. The van der Waals surface area contributed by atoms with Crippen LogP contribution < -0.4 is 0 Å². The number of furan rings is 1. The maximum Gasteiger partial charge on any atom is 0.255 e. The fourth-order valence-electron chi connectivity index (χ4n) is 3.62. The van der Waals surface area contributed by atoms with E-state index in [0.717, 1.165) is 39.0 Å².